The Bertz CT molecular complexity index is 979. The van der Waals surface area contributed by atoms with Crippen LogP contribution in [0.15, 0.2) is 78.1 Å². The van der Waals surface area contributed by atoms with Crippen LogP contribution in [0.1, 0.15) is 22.3 Å². The van der Waals surface area contributed by atoms with Gasteiger partial charge in [-0.05, 0) is 77.3 Å². The SMILES string of the molecule is ClC1=CNC=CC=C1.NCC1C=Cc2ccc3c(c2C1)CCc1ccccc1-3. The Morgan fingerprint density at radius 1 is 0.964 bits per heavy atom. The molecule has 1 unspecified atom stereocenters. The highest BCUT2D eigenvalue weighted by Gasteiger charge is 2.22. The third-order valence-electron chi connectivity index (χ3n) is 5.52. The first-order valence-corrected chi connectivity index (χ1v) is 10.2. The Labute approximate surface area is 172 Å². The lowest BCUT2D eigenvalue weighted by molar-refractivity contribution is 0.649. The van der Waals surface area contributed by atoms with E-state index in [-0.39, 0.29) is 0 Å². The molecule has 3 N–H and O–H groups in total. The minimum absolute atomic E-state index is 0.506. The number of nitrogens with two attached hydrogens (primary N) is 1. The molecule has 0 aromatic heterocycles. The number of nitrogens with one attached hydrogen (secondary N) is 1. The maximum atomic E-state index is 5.86. The Hall–Kier alpha value is -2.55. The van der Waals surface area contributed by atoms with Crippen molar-refractivity contribution in [1.29, 1.82) is 0 Å². The van der Waals surface area contributed by atoms with Crippen molar-refractivity contribution in [2.24, 2.45) is 11.7 Å². The van der Waals surface area contributed by atoms with E-state index in [9.17, 15) is 0 Å². The van der Waals surface area contributed by atoms with E-state index in [1.54, 1.807) is 11.8 Å². The Morgan fingerprint density at radius 3 is 2.75 bits per heavy atom. The molecule has 142 valence electrons. The van der Waals surface area contributed by atoms with Crippen LogP contribution in [0.5, 0.6) is 0 Å². The van der Waals surface area contributed by atoms with E-state index in [0.717, 1.165) is 24.4 Å². The van der Waals surface area contributed by atoms with Gasteiger partial charge in [0.15, 0.2) is 0 Å². The maximum absolute atomic E-state index is 5.86. The smallest absolute Gasteiger partial charge is 0.0565 e. The molecule has 3 heteroatoms. The molecule has 28 heavy (non-hydrogen) atoms. The summed E-state index contributed by atoms with van der Waals surface area (Å²) in [4.78, 5) is 0. The predicted octanol–water partition coefficient (Wildman–Crippen LogP) is 5.34. The molecule has 2 aromatic rings. The van der Waals surface area contributed by atoms with Crippen molar-refractivity contribution < 1.29 is 0 Å². The van der Waals surface area contributed by atoms with Gasteiger partial charge in [0.05, 0.1) is 5.03 Å². The van der Waals surface area contributed by atoms with Gasteiger partial charge in [-0.3, -0.25) is 0 Å². The van der Waals surface area contributed by atoms with Crippen molar-refractivity contribution in [3.63, 3.8) is 0 Å². The molecule has 1 atom stereocenters. The van der Waals surface area contributed by atoms with Crippen LogP contribution in [0.4, 0.5) is 0 Å². The summed E-state index contributed by atoms with van der Waals surface area (Å²) in [6.07, 6.45) is 17.1. The van der Waals surface area contributed by atoms with Crippen LogP contribution < -0.4 is 11.1 Å². The van der Waals surface area contributed by atoms with Gasteiger partial charge in [-0.2, -0.15) is 0 Å². The lowest BCUT2D eigenvalue weighted by Gasteiger charge is -2.27. The highest BCUT2D eigenvalue weighted by Crippen LogP contribution is 2.38. The van der Waals surface area contributed by atoms with Crippen molar-refractivity contribution in [3.8, 4) is 11.1 Å². The van der Waals surface area contributed by atoms with E-state index in [1.807, 2.05) is 24.4 Å². The number of benzene rings is 2. The first-order valence-electron chi connectivity index (χ1n) is 9.82. The number of rotatable bonds is 1. The lowest BCUT2D eigenvalue weighted by atomic mass is 9.78. The van der Waals surface area contributed by atoms with Crippen LogP contribution in [-0.4, -0.2) is 6.54 Å². The lowest BCUT2D eigenvalue weighted by Crippen LogP contribution is -2.19. The molecular weight excluding hydrogens is 364 g/mol. The van der Waals surface area contributed by atoms with Crippen molar-refractivity contribution in [2.75, 3.05) is 6.54 Å². The van der Waals surface area contributed by atoms with Gasteiger partial charge in [-0.1, -0.05) is 66.2 Å². The standard InChI is InChI=1S/C19H19N.C6H6ClN/c20-12-13-5-6-15-8-9-17-16-4-2-1-3-14(16)7-10-18(17)19(15)11-13;7-6-3-1-2-4-8-5-6/h1-6,8-9,13H,7,10-12,20H2;1-5,8H. The monoisotopic (exact) mass is 388 g/mol. The fraction of sp³-hybridized carbons (Fsp3) is 0.200. The van der Waals surface area contributed by atoms with Crippen LogP contribution >= 0.6 is 11.6 Å². The summed E-state index contributed by atoms with van der Waals surface area (Å²) < 4.78 is 0. The second-order valence-corrected chi connectivity index (χ2v) is 7.73. The fourth-order valence-corrected chi connectivity index (χ4v) is 4.21. The van der Waals surface area contributed by atoms with Crippen LogP contribution in [0, 0.1) is 5.92 Å². The normalized spacial score (nSPS) is 18.5. The third kappa shape index (κ3) is 3.99. The molecule has 0 saturated heterocycles. The number of allylic oxidation sites excluding steroid dienone is 4. The molecular formula is C25H25ClN2. The van der Waals surface area contributed by atoms with Gasteiger partial charge in [0.2, 0.25) is 0 Å². The molecule has 1 aliphatic heterocycles. The van der Waals surface area contributed by atoms with E-state index in [2.05, 4.69) is 53.9 Å². The Kier molecular flexibility index (Phi) is 5.80. The van der Waals surface area contributed by atoms with Gasteiger partial charge in [0, 0.05) is 12.4 Å². The van der Waals surface area contributed by atoms with Crippen molar-refractivity contribution in [1.82, 2.24) is 5.32 Å². The summed E-state index contributed by atoms with van der Waals surface area (Å²) >= 11 is 5.59. The highest BCUT2D eigenvalue weighted by molar-refractivity contribution is 6.31. The first kappa shape index (κ1) is 18.8. The van der Waals surface area contributed by atoms with Gasteiger partial charge < -0.3 is 11.1 Å². The summed E-state index contributed by atoms with van der Waals surface area (Å²) in [5.74, 6) is 0.506. The first-order chi connectivity index (χ1) is 13.8. The molecule has 0 amide bonds. The second kappa shape index (κ2) is 8.64. The van der Waals surface area contributed by atoms with Gasteiger partial charge in [0.1, 0.15) is 0 Å². The maximum Gasteiger partial charge on any atom is 0.0565 e. The number of halogens is 1. The molecule has 0 bridgehead atoms. The van der Waals surface area contributed by atoms with Gasteiger partial charge >= 0.3 is 0 Å². The van der Waals surface area contributed by atoms with Crippen LogP contribution in [0.2, 0.25) is 0 Å². The predicted molar refractivity (Wildman–Crippen MR) is 120 cm³/mol. The quantitative estimate of drug-likeness (QED) is 0.692. The van der Waals surface area contributed by atoms with E-state index >= 15 is 0 Å². The fourth-order valence-electron chi connectivity index (χ4n) is 4.07. The number of fused-ring (bicyclic) bond motifs is 5. The minimum atomic E-state index is 0.506. The zero-order valence-electron chi connectivity index (χ0n) is 15.9. The molecule has 0 spiro atoms. The summed E-state index contributed by atoms with van der Waals surface area (Å²) in [6.45, 7) is 0.746. The molecule has 1 heterocycles. The van der Waals surface area contributed by atoms with Crippen LogP contribution in [0.25, 0.3) is 17.2 Å². The van der Waals surface area contributed by atoms with E-state index in [1.165, 1.54) is 34.2 Å². The zero-order valence-corrected chi connectivity index (χ0v) is 16.6. The third-order valence-corrected chi connectivity index (χ3v) is 5.75. The molecule has 2 aromatic carbocycles. The van der Waals surface area contributed by atoms with Crippen LogP contribution in [0.3, 0.4) is 0 Å². The van der Waals surface area contributed by atoms with Gasteiger partial charge in [-0.15, -0.1) is 0 Å². The molecule has 5 rings (SSSR count). The average molecular weight is 389 g/mol. The van der Waals surface area contributed by atoms with Gasteiger partial charge in [-0.25, -0.2) is 0 Å². The molecule has 2 aliphatic carbocycles. The van der Waals surface area contributed by atoms with Crippen LogP contribution in [-0.2, 0) is 19.3 Å². The van der Waals surface area contributed by atoms with E-state index < -0.39 is 0 Å². The summed E-state index contributed by atoms with van der Waals surface area (Å²) in [5.41, 5.74) is 14.7. The van der Waals surface area contributed by atoms with E-state index in [4.69, 9.17) is 17.3 Å². The topological polar surface area (TPSA) is 38.0 Å². The Balaban J connectivity index is 0.000000203. The number of aryl methyl sites for hydroxylation is 1. The summed E-state index contributed by atoms with van der Waals surface area (Å²) in [6, 6.07) is 13.4. The summed E-state index contributed by atoms with van der Waals surface area (Å²) in [7, 11) is 0. The highest BCUT2D eigenvalue weighted by atomic mass is 35.5. The number of hydrogen-bond acceptors (Lipinski definition) is 2. The van der Waals surface area contributed by atoms with E-state index in [0.29, 0.717) is 5.92 Å². The molecule has 0 fully saturated rings. The summed E-state index contributed by atoms with van der Waals surface area (Å²) in [5, 5.41) is 3.58. The van der Waals surface area contributed by atoms with Crippen molar-refractivity contribution in [2.45, 2.75) is 19.3 Å². The zero-order chi connectivity index (χ0) is 19.3. The van der Waals surface area contributed by atoms with Crippen molar-refractivity contribution in [3.05, 3.63) is 100 Å². The average Bonchev–Trinajstić information content (AvgIpc) is 3.00. The largest absolute Gasteiger partial charge is 0.366 e. The molecule has 0 saturated carbocycles. The number of hydrogen-bond donors (Lipinski definition) is 2. The molecule has 0 radical (unpaired) electrons. The molecule has 2 nitrogen and oxygen atoms in total. The minimum Gasteiger partial charge on any atom is -0.366 e. The van der Waals surface area contributed by atoms with Gasteiger partial charge in [0.25, 0.3) is 0 Å². The van der Waals surface area contributed by atoms with Crippen molar-refractivity contribution >= 4 is 17.7 Å². The second-order valence-electron chi connectivity index (χ2n) is 7.29. The Morgan fingerprint density at radius 2 is 1.86 bits per heavy atom. The molecule has 3 aliphatic rings.